The number of hydrogen-bond donors (Lipinski definition) is 1. The molecule has 1 aromatic carbocycles. The van der Waals surface area contributed by atoms with Gasteiger partial charge < -0.3 is 5.32 Å². The van der Waals surface area contributed by atoms with Crippen molar-refractivity contribution in [3.05, 3.63) is 39.6 Å². The minimum atomic E-state index is -0.139. The molecule has 142 valence electrons. The normalized spacial score (nSPS) is 17.0. The molecule has 0 amide bonds. The van der Waals surface area contributed by atoms with Crippen molar-refractivity contribution in [2.24, 2.45) is 0 Å². The van der Waals surface area contributed by atoms with Gasteiger partial charge in [-0.05, 0) is 75.7 Å². The van der Waals surface area contributed by atoms with E-state index in [1.807, 2.05) is 12.1 Å². The van der Waals surface area contributed by atoms with Crippen molar-refractivity contribution in [2.75, 3.05) is 13.1 Å². The van der Waals surface area contributed by atoms with E-state index in [1.165, 1.54) is 0 Å². The number of tetrazole rings is 1. The minimum Gasteiger partial charge on any atom is -0.307 e. The molecular formula is C18H26Cl2N6. The topological polar surface area (TPSA) is 58.9 Å². The number of hydrogen-bond acceptors (Lipinski definition) is 5. The zero-order valence-electron chi connectivity index (χ0n) is 15.5. The van der Waals surface area contributed by atoms with Crippen molar-refractivity contribution >= 4 is 23.2 Å². The summed E-state index contributed by atoms with van der Waals surface area (Å²) in [6, 6.07) is 6.23. The molecule has 2 aromatic rings. The number of rotatable bonds is 5. The first-order valence-corrected chi connectivity index (χ1v) is 9.75. The van der Waals surface area contributed by atoms with Crippen LogP contribution in [0, 0.1) is 0 Å². The molecule has 1 aliphatic heterocycles. The Morgan fingerprint density at radius 3 is 2.35 bits per heavy atom. The molecule has 0 saturated carbocycles. The summed E-state index contributed by atoms with van der Waals surface area (Å²) >= 11 is 12.2. The number of likely N-dealkylation sites (tertiary alicyclic amines) is 1. The second-order valence-corrected chi connectivity index (χ2v) is 8.75. The van der Waals surface area contributed by atoms with E-state index in [9.17, 15) is 0 Å². The van der Waals surface area contributed by atoms with Gasteiger partial charge >= 0.3 is 0 Å². The van der Waals surface area contributed by atoms with Gasteiger partial charge in [0.05, 0.1) is 12.1 Å². The Hall–Kier alpha value is -1.21. The lowest BCUT2D eigenvalue weighted by Gasteiger charge is -2.32. The number of nitrogens with one attached hydrogen (secondary N) is 1. The third-order valence-electron chi connectivity index (χ3n) is 4.52. The number of benzene rings is 1. The van der Waals surface area contributed by atoms with Crippen LogP contribution < -0.4 is 5.32 Å². The van der Waals surface area contributed by atoms with Crippen molar-refractivity contribution in [2.45, 2.75) is 58.3 Å². The lowest BCUT2D eigenvalue weighted by molar-refractivity contribution is 0.189. The van der Waals surface area contributed by atoms with Crippen molar-refractivity contribution in [3.63, 3.8) is 0 Å². The van der Waals surface area contributed by atoms with Crippen LogP contribution in [0.2, 0.25) is 10.0 Å². The van der Waals surface area contributed by atoms with Crippen LogP contribution >= 0.6 is 23.2 Å². The van der Waals surface area contributed by atoms with Gasteiger partial charge in [-0.25, -0.2) is 0 Å². The van der Waals surface area contributed by atoms with Crippen LogP contribution in [-0.2, 0) is 18.6 Å². The van der Waals surface area contributed by atoms with Crippen LogP contribution in [0.15, 0.2) is 18.2 Å². The van der Waals surface area contributed by atoms with Crippen molar-refractivity contribution in [1.82, 2.24) is 30.4 Å². The Bertz CT molecular complexity index is 711. The molecule has 1 aliphatic rings. The van der Waals surface area contributed by atoms with Gasteiger partial charge in [-0.2, -0.15) is 4.80 Å². The van der Waals surface area contributed by atoms with Crippen LogP contribution in [0.1, 0.15) is 45.0 Å². The van der Waals surface area contributed by atoms with E-state index in [0.717, 1.165) is 43.9 Å². The lowest BCUT2D eigenvalue weighted by Crippen LogP contribution is -2.42. The molecule has 2 heterocycles. The largest absolute Gasteiger partial charge is 0.307 e. The SMILES string of the molecule is CC(C)(C)n1nnc(CNC2CCN(Cc3cc(Cl)cc(Cl)c3)CC2)n1. The molecule has 0 aliphatic carbocycles. The average Bonchev–Trinajstić information content (AvgIpc) is 3.02. The fourth-order valence-electron chi connectivity index (χ4n) is 3.09. The number of piperidine rings is 1. The Balaban J connectivity index is 1.44. The van der Waals surface area contributed by atoms with Crippen LogP contribution in [-0.4, -0.2) is 44.2 Å². The van der Waals surface area contributed by atoms with Gasteiger partial charge in [0.15, 0.2) is 5.82 Å². The summed E-state index contributed by atoms with van der Waals surface area (Å²) < 4.78 is 0. The molecular weight excluding hydrogens is 371 g/mol. The van der Waals surface area contributed by atoms with Gasteiger partial charge in [-0.1, -0.05) is 23.2 Å². The van der Waals surface area contributed by atoms with Gasteiger partial charge in [-0.3, -0.25) is 4.90 Å². The predicted molar refractivity (Wildman–Crippen MR) is 104 cm³/mol. The summed E-state index contributed by atoms with van der Waals surface area (Å²) in [7, 11) is 0. The van der Waals surface area contributed by atoms with E-state index in [2.05, 4.69) is 46.4 Å². The van der Waals surface area contributed by atoms with Crippen LogP contribution in [0.25, 0.3) is 0 Å². The highest BCUT2D eigenvalue weighted by molar-refractivity contribution is 6.34. The van der Waals surface area contributed by atoms with E-state index in [1.54, 1.807) is 10.9 Å². The lowest BCUT2D eigenvalue weighted by atomic mass is 10.0. The Labute approximate surface area is 164 Å². The van der Waals surface area contributed by atoms with Crippen molar-refractivity contribution < 1.29 is 0 Å². The minimum absolute atomic E-state index is 0.139. The van der Waals surface area contributed by atoms with Crippen molar-refractivity contribution in [1.29, 1.82) is 0 Å². The third kappa shape index (κ3) is 5.39. The van der Waals surface area contributed by atoms with Gasteiger partial charge in [0.2, 0.25) is 0 Å². The molecule has 0 bridgehead atoms. The fraction of sp³-hybridized carbons (Fsp3) is 0.611. The molecule has 1 aromatic heterocycles. The molecule has 1 fully saturated rings. The van der Waals surface area contributed by atoms with E-state index in [-0.39, 0.29) is 5.54 Å². The summed E-state index contributed by atoms with van der Waals surface area (Å²) in [5.74, 6) is 0.746. The highest BCUT2D eigenvalue weighted by Gasteiger charge is 2.21. The Morgan fingerprint density at radius 2 is 1.77 bits per heavy atom. The number of nitrogens with zero attached hydrogens (tertiary/aromatic N) is 5. The average molecular weight is 397 g/mol. The quantitative estimate of drug-likeness (QED) is 0.837. The summed E-state index contributed by atoms with van der Waals surface area (Å²) in [6.45, 7) is 9.82. The maximum atomic E-state index is 6.09. The smallest absolute Gasteiger partial charge is 0.188 e. The first-order valence-electron chi connectivity index (χ1n) is 9.00. The Morgan fingerprint density at radius 1 is 1.12 bits per heavy atom. The second-order valence-electron chi connectivity index (χ2n) is 7.87. The molecule has 26 heavy (non-hydrogen) atoms. The molecule has 8 heteroatoms. The molecule has 1 N–H and O–H groups in total. The molecule has 1 saturated heterocycles. The summed E-state index contributed by atoms with van der Waals surface area (Å²) in [5.41, 5.74) is 1.02. The van der Waals surface area contributed by atoms with E-state index >= 15 is 0 Å². The van der Waals surface area contributed by atoms with Crippen molar-refractivity contribution in [3.8, 4) is 0 Å². The first-order chi connectivity index (χ1) is 12.3. The van der Waals surface area contributed by atoms with Crippen LogP contribution in [0.3, 0.4) is 0 Å². The fourth-order valence-corrected chi connectivity index (χ4v) is 3.66. The van der Waals surface area contributed by atoms with E-state index in [4.69, 9.17) is 23.2 Å². The number of aromatic nitrogens is 4. The van der Waals surface area contributed by atoms with Gasteiger partial charge in [-0.15, -0.1) is 10.2 Å². The monoisotopic (exact) mass is 396 g/mol. The summed E-state index contributed by atoms with van der Waals surface area (Å²) in [5, 5.41) is 17.7. The predicted octanol–water partition coefficient (Wildman–Crippen LogP) is 3.49. The highest BCUT2D eigenvalue weighted by atomic mass is 35.5. The maximum absolute atomic E-state index is 6.09. The molecule has 0 spiro atoms. The molecule has 0 unspecified atom stereocenters. The van der Waals surface area contributed by atoms with Crippen LogP contribution in [0.4, 0.5) is 0 Å². The first kappa shape index (κ1) is 19.5. The summed E-state index contributed by atoms with van der Waals surface area (Å²) in [6.07, 6.45) is 2.20. The van der Waals surface area contributed by atoms with E-state index in [0.29, 0.717) is 22.6 Å². The Kier molecular flexibility index (Phi) is 6.17. The second kappa shape index (κ2) is 8.21. The van der Waals surface area contributed by atoms with Crippen LogP contribution in [0.5, 0.6) is 0 Å². The van der Waals surface area contributed by atoms with Gasteiger partial charge in [0, 0.05) is 22.6 Å². The zero-order valence-corrected chi connectivity index (χ0v) is 17.1. The maximum Gasteiger partial charge on any atom is 0.188 e. The van der Waals surface area contributed by atoms with E-state index < -0.39 is 0 Å². The summed E-state index contributed by atoms with van der Waals surface area (Å²) in [4.78, 5) is 4.11. The van der Waals surface area contributed by atoms with Gasteiger partial charge in [0.25, 0.3) is 0 Å². The molecule has 6 nitrogen and oxygen atoms in total. The molecule has 3 rings (SSSR count). The number of halogens is 2. The van der Waals surface area contributed by atoms with Gasteiger partial charge in [0.1, 0.15) is 0 Å². The molecule has 0 radical (unpaired) electrons. The zero-order chi connectivity index (χ0) is 18.7. The molecule has 0 atom stereocenters. The standard InChI is InChI=1S/C18H26Cl2N6/c1-18(2,3)26-23-17(22-24-26)11-21-16-4-6-25(7-5-16)12-13-8-14(19)10-15(20)9-13/h8-10,16,21H,4-7,11-12H2,1-3H3. The highest BCUT2D eigenvalue weighted by Crippen LogP contribution is 2.21. The third-order valence-corrected chi connectivity index (χ3v) is 4.96.